The zero-order chi connectivity index (χ0) is 16.9. The maximum Gasteiger partial charge on any atom is 0.263 e. The number of ether oxygens (including phenoxy) is 1. The van der Waals surface area contributed by atoms with Gasteiger partial charge in [0.1, 0.15) is 5.75 Å². The van der Waals surface area contributed by atoms with Crippen molar-refractivity contribution < 1.29 is 9.53 Å². The summed E-state index contributed by atoms with van der Waals surface area (Å²) >= 11 is 1.61. The first-order valence-electron chi connectivity index (χ1n) is 7.87. The van der Waals surface area contributed by atoms with Gasteiger partial charge in [-0.1, -0.05) is 48.2 Å². The summed E-state index contributed by atoms with van der Waals surface area (Å²) in [5.74, 6) is 1.35. The van der Waals surface area contributed by atoms with Crippen molar-refractivity contribution in [1.82, 2.24) is 4.90 Å². The highest BCUT2D eigenvalue weighted by atomic mass is 32.2. The number of carbonyl (C=O) groups excluding carboxylic acids is 1. The molecule has 1 aliphatic heterocycles. The second kappa shape index (κ2) is 7.53. The second-order valence-electron chi connectivity index (χ2n) is 5.54. The van der Waals surface area contributed by atoms with Gasteiger partial charge < -0.3 is 4.74 Å². The maximum absolute atomic E-state index is 12.9. The van der Waals surface area contributed by atoms with Crippen LogP contribution in [-0.2, 0) is 5.75 Å². The number of nitrogens with zero attached hydrogens (tertiary/aromatic N) is 2. The molecule has 2 aromatic carbocycles. The number of hydrogen-bond donors (Lipinski definition) is 0. The normalized spacial score (nSPS) is 13.8. The molecule has 0 N–H and O–H groups in total. The fraction of sp³-hybridized carbons (Fsp3) is 0.263. The molecule has 0 atom stereocenters. The van der Waals surface area contributed by atoms with Gasteiger partial charge in [0.2, 0.25) is 0 Å². The van der Waals surface area contributed by atoms with Crippen LogP contribution in [0.2, 0.25) is 0 Å². The van der Waals surface area contributed by atoms with Gasteiger partial charge in [0.15, 0.2) is 5.17 Å². The van der Waals surface area contributed by atoms with Gasteiger partial charge in [0.25, 0.3) is 5.91 Å². The lowest BCUT2D eigenvalue weighted by molar-refractivity contribution is 0.0857. The van der Waals surface area contributed by atoms with E-state index in [0.29, 0.717) is 24.4 Å². The lowest BCUT2D eigenvalue weighted by Crippen LogP contribution is -2.33. The molecule has 2 aromatic rings. The van der Waals surface area contributed by atoms with Crippen LogP contribution in [0.25, 0.3) is 0 Å². The summed E-state index contributed by atoms with van der Waals surface area (Å²) in [6.07, 6.45) is 0. The Balaban J connectivity index is 1.73. The molecule has 1 amide bonds. The first-order valence-corrected chi connectivity index (χ1v) is 8.86. The molecule has 0 spiro atoms. The third-order valence-corrected chi connectivity index (χ3v) is 5.07. The van der Waals surface area contributed by atoms with Crippen molar-refractivity contribution in [3.05, 3.63) is 65.2 Å². The second-order valence-corrected chi connectivity index (χ2v) is 6.48. The van der Waals surface area contributed by atoms with Gasteiger partial charge in [-0.15, -0.1) is 0 Å². The average Bonchev–Trinajstić information content (AvgIpc) is 3.09. The van der Waals surface area contributed by atoms with E-state index in [1.165, 1.54) is 11.1 Å². The van der Waals surface area contributed by atoms with Crippen LogP contribution in [-0.4, -0.2) is 36.2 Å². The summed E-state index contributed by atoms with van der Waals surface area (Å²) in [6, 6.07) is 15.6. The fourth-order valence-electron chi connectivity index (χ4n) is 2.62. The molecule has 5 heteroatoms. The van der Waals surface area contributed by atoms with Crippen LogP contribution >= 0.6 is 11.8 Å². The third kappa shape index (κ3) is 3.46. The Bertz CT molecular complexity index is 773. The number of carbonyl (C=O) groups is 1. The van der Waals surface area contributed by atoms with Crippen LogP contribution in [0.3, 0.4) is 0 Å². The van der Waals surface area contributed by atoms with Crippen molar-refractivity contribution in [2.45, 2.75) is 12.7 Å². The predicted octanol–water partition coefficient (Wildman–Crippen LogP) is 3.75. The van der Waals surface area contributed by atoms with Crippen molar-refractivity contribution >= 4 is 22.8 Å². The maximum atomic E-state index is 12.9. The zero-order valence-corrected chi connectivity index (χ0v) is 14.7. The quantitative estimate of drug-likeness (QED) is 0.851. The summed E-state index contributed by atoms with van der Waals surface area (Å²) in [7, 11) is 1.58. The van der Waals surface area contributed by atoms with Gasteiger partial charge in [0, 0.05) is 12.3 Å². The molecule has 3 rings (SSSR count). The Morgan fingerprint density at radius 1 is 1.21 bits per heavy atom. The van der Waals surface area contributed by atoms with Crippen molar-refractivity contribution in [1.29, 1.82) is 0 Å². The highest BCUT2D eigenvalue weighted by Crippen LogP contribution is 2.25. The number of para-hydroxylation sites is 1. The number of rotatable bonds is 4. The smallest absolute Gasteiger partial charge is 0.263 e. The predicted molar refractivity (Wildman–Crippen MR) is 98.8 cm³/mol. The van der Waals surface area contributed by atoms with Crippen LogP contribution in [0.1, 0.15) is 21.5 Å². The van der Waals surface area contributed by atoms with E-state index < -0.39 is 0 Å². The van der Waals surface area contributed by atoms with Crippen LogP contribution in [0, 0.1) is 6.92 Å². The number of thioether (sulfide) groups is 1. The van der Waals surface area contributed by atoms with Gasteiger partial charge in [0.05, 0.1) is 19.2 Å². The highest BCUT2D eigenvalue weighted by Gasteiger charge is 2.27. The molecule has 24 heavy (non-hydrogen) atoms. The molecule has 0 aromatic heterocycles. The van der Waals surface area contributed by atoms with E-state index in [0.717, 1.165) is 10.9 Å². The Morgan fingerprint density at radius 3 is 2.75 bits per heavy atom. The third-order valence-electron chi connectivity index (χ3n) is 4.00. The van der Waals surface area contributed by atoms with Gasteiger partial charge >= 0.3 is 0 Å². The van der Waals surface area contributed by atoms with E-state index in [4.69, 9.17) is 4.74 Å². The van der Waals surface area contributed by atoms with Crippen LogP contribution in [0.15, 0.2) is 53.5 Å². The molecule has 1 aliphatic rings. The number of benzene rings is 2. The number of hydrogen-bond acceptors (Lipinski definition) is 4. The topological polar surface area (TPSA) is 41.9 Å². The molecule has 0 bridgehead atoms. The molecule has 1 heterocycles. The minimum atomic E-state index is -0.0546. The summed E-state index contributed by atoms with van der Waals surface area (Å²) < 4.78 is 5.31. The minimum Gasteiger partial charge on any atom is -0.496 e. The lowest BCUT2D eigenvalue weighted by atomic mass is 10.1. The van der Waals surface area contributed by atoms with Gasteiger partial charge in [-0.2, -0.15) is 0 Å². The van der Waals surface area contributed by atoms with Crippen LogP contribution in [0.4, 0.5) is 0 Å². The lowest BCUT2D eigenvalue weighted by Gasteiger charge is -2.19. The molecular weight excluding hydrogens is 320 g/mol. The van der Waals surface area contributed by atoms with Crippen LogP contribution in [0.5, 0.6) is 5.75 Å². The van der Waals surface area contributed by atoms with Gasteiger partial charge in [-0.3, -0.25) is 14.7 Å². The first kappa shape index (κ1) is 16.6. The first-order chi connectivity index (χ1) is 11.7. The average molecular weight is 340 g/mol. The molecule has 4 nitrogen and oxygen atoms in total. The Morgan fingerprint density at radius 2 is 1.96 bits per heavy atom. The monoisotopic (exact) mass is 340 g/mol. The number of aryl methyl sites for hydroxylation is 1. The Kier molecular flexibility index (Phi) is 5.20. The fourth-order valence-corrected chi connectivity index (χ4v) is 3.74. The molecule has 0 radical (unpaired) electrons. The zero-order valence-electron chi connectivity index (χ0n) is 13.9. The van der Waals surface area contributed by atoms with E-state index in [-0.39, 0.29) is 5.91 Å². The summed E-state index contributed by atoms with van der Waals surface area (Å²) in [4.78, 5) is 19.1. The van der Waals surface area contributed by atoms with E-state index in [2.05, 4.69) is 24.0 Å². The Labute approximate surface area is 146 Å². The SMILES string of the molecule is COc1ccccc1C(=O)N1CCN=C1SCc1ccccc1C. The molecule has 0 saturated heterocycles. The number of aliphatic imine (C=N–C) groups is 1. The van der Waals surface area contributed by atoms with Crippen LogP contribution < -0.4 is 4.74 Å². The van der Waals surface area contributed by atoms with Crippen molar-refractivity contribution in [2.24, 2.45) is 4.99 Å². The highest BCUT2D eigenvalue weighted by molar-refractivity contribution is 8.13. The number of methoxy groups -OCH3 is 1. The van der Waals surface area contributed by atoms with E-state index >= 15 is 0 Å². The molecule has 0 fully saturated rings. The molecule has 124 valence electrons. The van der Waals surface area contributed by atoms with Gasteiger partial charge in [-0.25, -0.2) is 0 Å². The standard InChI is InChI=1S/C19H20N2O2S/c1-14-7-3-4-8-15(14)13-24-19-20-11-12-21(19)18(22)16-9-5-6-10-17(16)23-2/h3-10H,11-13H2,1-2H3. The summed E-state index contributed by atoms with van der Waals surface area (Å²) in [5, 5.41) is 0.786. The minimum absolute atomic E-state index is 0.0546. The molecule has 0 saturated carbocycles. The van der Waals surface area contributed by atoms with Crippen molar-refractivity contribution in [3.63, 3.8) is 0 Å². The van der Waals surface area contributed by atoms with Gasteiger partial charge in [-0.05, 0) is 30.2 Å². The summed E-state index contributed by atoms with van der Waals surface area (Å²) in [5.41, 5.74) is 3.10. The summed E-state index contributed by atoms with van der Waals surface area (Å²) in [6.45, 7) is 3.37. The molecule has 0 aliphatic carbocycles. The number of amides is 1. The molecular formula is C19H20N2O2S. The number of amidine groups is 1. The molecule has 0 unspecified atom stereocenters. The Hall–Kier alpha value is -2.27. The van der Waals surface area contributed by atoms with Crippen molar-refractivity contribution in [3.8, 4) is 5.75 Å². The van der Waals surface area contributed by atoms with Crippen molar-refractivity contribution in [2.75, 3.05) is 20.2 Å². The largest absolute Gasteiger partial charge is 0.496 e. The van der Waals surface area contributed by atoms with E-state index in [9.17, 15) is 4.79 Å². The van der Waals surface area contributed by atoms with E-state index in [1.807, 2.05) is 24.3 Å². The van der Waals surface area contributed by atoms with E-state index in [1.54, 1.807) is 35.9 Å².